The topological polar surface area (TPSA) is 66.8 Å². The van der Waals surface area contributed by atoms with Crippen molar-refractivity contribution in [3.63, 3.8) is 0 Å². The number of carboxylic acid groups (broad SMARTS) is 1. The number of carbonyl (C=O) groups excluding carboxylic acids is 1. The summed E-state index contributed by atoms with van der Waals surface area (Å²) in [7, 11) is 0. The molecule has 1 saturated heterocycles. The number of hydrogen-bond donors (Lipinski definition) is 1. The molecule has 0 aromatic heterocycles. The maximum absolute atomic E-state index is 12.3. The van der Waals surface area contributed by atoms with Crippen molar-refractivity contribution in [3.05, 3.63) is 29.8 Å². The minimum atomic E-state index is -0.764. The molecule has 1 fully saturated rings. The highest BCUT2D eigenvalue weighted by Crippen LogP contribution is 2.21. The number of aliphatic carboxylic acids is 1. The monoisotopic (exact) mass is 319 g/mol. The van der Waals surface area contributed by atoms with Crippen LogP contribution in [0.4, 0.5) is 0 Å². The van der Waals surface area contributed by atoms with Gasteiger partial charge >= 0.3 is 5.97 Å². The predicted octanol–water partition coefficient (Wildman–Crippen LogP) is 2.87. The molecule has 23 heavy (non-hydrogen) atoms. The maximum atomic E-state index is 12.3. The van der Waals surface area contributed by atoms with Gasteiger partial charge in [-0.3, -0.25) is 9.59 Å². The fourth-order valence-corrected chi connectivity index (χ4v) is 2.97. The van der Waals surface area contributed by atoms with Gasteiger partial charge in [0, 0.05) is 19.5 Å². The number of piperidine rings is 1. The average molecular weight is 319 g/mol. The first-order valence-corrected chi connectivity index (χ1v) is 8.23. The number of carboxylic acids is 1. The lowest BCUT2D eigenvalue weighted by Crippen LogP contribution is -2.40. The number of rotatable bonds is 7. The number of hydrogen-bond acceptors (Lipinski definition) is 3. The fraction of sp³-hybridized carbons (Fsp3) is 0.556. The van der Waals surface area contributed by atoms with Crippen LogP contribution >= 0.6 is 0 Å². The third kappa shape index (κ3) is 5.93. The Morgan fingerprint density at radius 2 is 2.17 bits per heavy atom. The van der Waals surface area contributed by atoms with Crippen LogP contribution in [0.5, 0.6) is 5.75 Å². The molecule has 5 heteroatoms. The van der Waals surface area contributed by atoms with Gasteiger partial charge in [-0.1, -0.05) is 12.1 Å². The van der Waals surface area contributed by atoms with Crippen LogP contribution < -0.4 is 4.74 Å². The van der Waals surface area contributed by atoms with Crippen molar-refractivity contribution in [2.75, 3.05) is 19.7 Å². The number of aryl methyl sites for hydroxylation is 1. The van der Waals surface area contributed by atoms with Gasteiger partial charge < -0.3 is 14.7 Å². The molecule has 1 aromatic carbocycles. The Morgan fingerprint density at radius 1 is 1.35 bits per heavy atom. The van der Waals surface area contributed by atoms with Gasteiger partial charge in [-0.25, -0.2) is 0 Å². The Hall–Kier alpha value is -2.04. The Kier molecular flexibility index (Phi) is 6.44. The van der Waals surface area contributed by atoms with Crippen molar-refractivity contribution < 1.29 is 19.4 Å². The maximum Gasteiger partial charge on any atom is 0.303 e. The van der Waals surface area contributed by atoms with Crippen LogP contribution in [0, 0.1) is 12.8 Å². The van der Waals surface area contributed by atoms with E-state index in [-0.39, 0.29) is 12.3 Å². The first-order valence-electron chi connectivity index (χ1n) is 8.23. The van der Waals surface area contributed by atoms with Gasteiger partial charge in [0.2, 0.25) is 5.91 Å². The zero-order chi connectivity index (χ0) is 16.7. The molecule has 0 saturated carbocycles. The van der Waals surface area contributed by atoms with Crippen LogP contribution in [0.3, 0.4) is 0 Å². The van der Waals surface area contributed by atoms with Crippen LogP contribution in [-0.2, 0) is 9.59 Å². The van der Waals surface area contributed by atoms with Crippen LogP contribution in [0.25, 0.3) is 0 Å². The van der Waals surface area contributed by atoms with Crippen LogP contribution in [-0.4, -0.2) is 41.6 Å². The van der Waals surface area contributed by atoms with Gasteiger partial charge in [-0.05, 0) is 49.8 Å². The Labute approximate surface area is 137 Å². The zero-order valence-electron chi connectivity index (χ0n) is 13.7. The molecule has 1 N–H and O–H groups in total. The minimum absolute atomic E-state index is 0.0951. The van der Waals surface area contributed by atoms with Crippen molar-refractivity contribution >= 4 is 11.9 Å². The van der Waals surface area contributed by atoms with Gasteiger partial charge in [0.15, 0.2) is 0 Å². The minimum Gasteiger partial charge on any atom is -0.493 e. The van der Waals surface area contributed by atoms with E-state index in [9.17, 15) is 9.59 Å². The summed E-state index contributed by atoms with van der Waals surface area (Å²) >= 11 is 0. The van der Waals surface area contributed by atoms with E-state index in [4.69, 9.17) is 9.84 Å². The Balaban J connectivity index is 1.73. The normalized spacial score (nSPS) is 17.8. The molecule has 126 valence electrons. The third-order valence-corrected chi connectivity index (χ3v) is 4.21. The second kappa shape index (κ2) is 8.56. The summed E-state index contributed by atoms with van der Waals surface area (Å²) in [6.45, 7) is 3.82. The van der Waals surface area contributed by atoms with Crippen LogP contribution in [0.2, 0.25) is 0 Å². The molecule has 5 nitrogen and oxygen atoms in total. The quantitative estimate of drug-likeness (QED) is 0.839. The molecule has 2 rings (SSSR count). The van der Waals surface area contributed by atoms with Gasteiger partial charge in [0.1, 0.15) is 5.75 Å². The highest BCUT2D eigenvalue weighted by Gasteiger charge is 2.23. The lowest BCUT2D eigenvalue weighted by Gasteiger charge is -2.32. The van der Waals surface area contributed by atoms with Gasteiger partial charge in [-0.15, -0.1) is 0 Å². The standard InChI is InChI=1S/C18H25NO4/c1-14-4-2-6-16(12-14)23-11-9-17(20)19-10-3-5-15(13-19)7-8-18(21)22/h2,4,6,12,15H,3,5,7-11,13H2,1H3,(H,21,22). The van der Waals surface area contributed by atoms with Crippen LogP contribution in [0.15, 0.2) is 24.3 Å². The summed E-state index contributed by atoms with van der Waals surface area (Å²) in [6.07, 6.45) is 3.16. The van der Waals surface area contributed by atoms with Crippen LogP contribution in [0.1, 0.15) is 37.7 Å². The van der Waals surface area contributed by atoms with Crippen molar-refractivity contribution in [1.82, 2.24) is 4.90 Å². The lowest BCUT2D eigenvalue weighted by molar-refractivity contribution is -0.137. The molecule has 1 atom stereocenters. The molecule has 1 amide bonds. The van der Waals surface area contributed by atoms with Gasteiger partial charge in [0.25, 0.3) is 0 Å². The van der Waals surface area contributed by atoms with Crippen molar-refractivity contribution in [2.45, 2.75) is 39.0 Å². The highest BCUT2D eigenvalue weighted by molar-refractivity contribution is 5.76. The average Bonchev–Trinajstić information content (AvgIpc) is 2.53. The molecule has 1 aromatic rings. The summed E-state index contributed by atoms with van der Waals surface area (Å²) in [6, 6.07) is 7.78. The molecule has 1 unspecified atom stereocenters. The van der Waals surface area contributed by atoms with Crippen molar-refractivity contribution in [2.24, 2.45) is 5.92 Å². The molecule has 1 aliphatic heterocycles. The molecule has 1 heterocycles. The molecule has 0 bridgehead atoms. The predicted molar refractivity (Wildman–Crippen MR) is 87.5 cm³/mol. The number of nitrogens with zero attached hydrogens (tertiary/aromatic N) is 1. The van der Waals surface area contributed by atoms with E-state index in [0.717, 1.165) is 30.7 Å². The number of likely N-dealkylation sites (tertiary alicyclic amines) is 1. The molecular formula is C18H25NO4. The van der Waals surface area contributed by atoms with E-state index < -0.39 is 5.97 Å². The third-order valence-electron chi connectivity index (χ3n) is 4.21. The van der Waals surface area contributed by atoms with Gasteiger partial charge in [0.05, 0.1) is 13.0 Å². The fourth-order valence-electron chi connectivity index (χ4n) is 2.97. The number of amides is 1. The van der Waals surface area contributed by atoms with E-state index in [1.807, 2.05) is 36.1 Å². The van der Waals surface area contributed by atoms with Gasteiger partial charge in [-0.2, -0.15) is 0 Å². The SMILES string of the molecule is Cc1cccc(OCCC(=O)N2CCCC(CCC(=O)O)C2)c1. The summed E-state index contributed by atoms with van der Waals surface area (Å²) in [5, 5.41) is 8.77. The summed E-state index contributed by atoms with van der Waals surface area (Å²) in [5.41, 5.74) is 1.13. The Morgan fingerprint density at radius 3 is 2.91 bits per heavy atom. The van der Waals surface area contributed by atoms with E-state index in [0.29, 0.717) is 31.9 Å². The van der Waals surface area contributed by atoms with E-state index in [1.54, 1.807) is 0 Å². The molecular weight excluding hydrogens is 294 g/mol. The number of carbonyl (C=O) groups is 2. The number of ether oxygens (including phenoxy) is 1. The highest BCUT2D eigenvalue weighted by atomic mass is 16.5. The van der Waals surface area contributed by atoms with E-state index in [2.05, 4.69) is 0 Å². The Bertz CT molecular complexity index is 544. The van der Waals surface area contributed by atoms with E-state index >= 15 is 0 Å². The molecule has 0 aliphatic carbocycles. The second-order valence-electron chi connectivity index (χ2n) is 6.20. The second-order valence-corrected chi connectivity index (χ2v) is 6.20. The smallest absolute Gasteiger partial charge is 0.303 e. The summed E-state index contributed by atoms with van der Waals surface area (Å²) in [5.74, 6) is 0.426. The van der Waals surface area contributed by atoms with E-state index in [1.165, 1.54) is 0 Å². The number of benzene rings is 1. The van der Waals surface area contributed by atoms with Crippen molar-refractivity contribution in [1.29, 1.82) is 0 Å². The summed E-state index contributed by atoms with van der Waals surface area (Å²) < 4.78 is 5.63. The molecule has 0 spiro atoms. The first kappa shape index (κ1) is 17.3. The lowest BCUT2D eigenvalue weighted by atomic mass is 9.93. The molecule has 0 radical (unpaired) electrons. The zero-order valence-corrected chi connectivity index (χ0v) is 13.7. The largest absolute Gasteiger partial charge is 0.493 e. The molecule has 1 aliphatic rings. The summed E-state index contributed by atoms with van der Waals surface area (Å²) in [4.78, 5) is 24.8. The first-order chi connectivity index (χ1) is 11.0. The van der Waals surface area contributed by atoms with Crippen molar-refractivity contribution in [3.8, 4) is 5.75 Å².